The summed E-state index contributed by atoms with van der Waals surface area (Å²) in [6, 6.07) is 6.26. The van der Waals surface area contributed by atoms with Crippen molar-refractivity contribution in [1.82, 2.24) is 4.31 Å². The second-order valence-electron chi connectivity index (χ2n) is 4.60. The quantitative estimate of drug-likeness (QED) is 0.819. The zero-order valence-electron chi connectivity index (χ0n) is 11.9. The van der Waals surface area contributed by atoms with Gasteiger partial charge in [-0.15, -0.1) is 0 Å². The fraction of sp³-hybridized carbons (Fsp3) is 0.462. The molecule has 0 saturated heterocycles. The third-order valence-electron chi connectivity index (χ3n) is 2.80. The predicted molar refractivity (Wildman–Crippen MR) is 77.5 cm³/mol. The molecule has 0 aliphatic heterocycles. The molecule has 0 aliphatic carbocycles. The molecule has 0 amide bonds. The smallest absolute Gasteiger partial charge is 0.323 e. The summed E-state index contributed by atoms with van der Waals surface area (Å²) in [6.07, 6.45) is 0.811. The molecule has 1 aromatic rings. The normalized spacial score (nSPS) is 11.6. The van der Waals surface area contributed by atoms with Crippen molar-refractivity contribution in [3.05, 3.63) is 24.3 Å². The Labute approximate surface area is 119 Å². The summed E-state index contributed by atoms with van der Waals surface area (Å²) in [5.74, 6) is -0.913. The molecule has 0 atom stereocenters. The van der Waals surface area contributed by atoms with E-state index in [0.29, 0.717) is 12.2 Å². The maximum atomic E-state index is 11.9. The molecule has 1 rings (SSSR count). The van der Waals surface area contributed by atoms with Crippen molar-refractivity contribution in [3.63, 3.8) is 0 Å². The number of hydrogen-bond acceptors (Lipinski definition) is 4. The Balaban J connectivity index is 3.02. The molecule has 0 aliphatic rings. The molecule has 112 valence electrons. The van der Waals surface area contributed by atoms with Crippen molar-refractivity contribution in [2.24, 2.45) is 0 Å². The van der Waals surface area contributed by atoms with Crippen LogP contribution in [-0.2, 0) is 14.8 Å². The van der Waals surface area contributed by atoms with Crippen LogP contribution in [0.2, 0.25) is 0 Å². The molecule has 0 unspecified atom stereocenters. The van der Waals surface area contributed by atoms with Gasteiger partial charge in [0, 0.05) is 26.3 Å². The molecule has 0 radical (unpaired) electrons. The molecule has 0 spiro atoms. The van der Waals surface area contributed by atoms with E-state index < -0.39 is 16.0 Å². The third-order valence-corrected chi connectivity index (χ3v) is 4.63. The molecule has 1 N–H and O–H groups in total. The van der Waals surface area contributed by atoms with Crippen LogP contribution in [0.5, 0.6) is 0 Å². The molecule has 7 heteroatoms. The van der Waals surface area contributed by atoms with E-state index >= 15 is 0 Å². The van der Waals surface area contributed by atoms with Gasteiger partial charge in [0.25, 0.3) is 0 Å². The first kappa shape index (κ1) is 16.5. The number of carboxylic acids is 1. The van der Waals surface area contributed by atoms with E-state index in [-0.39, 0.29) is 11.4 Å². The monoisotopic (exact) mass is 300 g/mol. The minimum atomic E-state index is -3.46. The number of aliphatic carboxylic acids is 1. The van der Waals surface area contributed by atoms with Gasteiger partial charge >= 0.3 is 5.97 Å². The van der Waals surface area contributed by atoms with Gasteiger partial charge in [-0.05, 0) is 30.7 Å². The molecule has 0 saturated carbocycles. The summed E-state index contributed by atoms with van der Waals surface area (Å²) in [4.78, 5) is 12.7. The second kappa shape index (κ2) is 6.71. The van der Waals surface area contributed by atoms with Gasteiger partial charge in [0.05, 0.1) is 4.90 Å². The molecular weight excluding hydrogens is 280 g/mol. The van der Waals surface area contributed by atoms with Crippen LogP contribution >= 0.6 is 0 Å². The zero-order chi connectivity index (χ0) is 15.3. The highest BCUT2D eigenvalue weighted by Crippen LogP contribution is 2.19. The topological polar surface area (TPSA) is 77.9 Å². The maximum absolute atomic E-state index is 11.9. The van der Waals surface area contributed by atoms with Gasteiger partial charge in [-0.2, -0.15) is 0 Å². The van der Waals surface area contributed by atoms with E-state index in [0.717, 1.165) is 10.7 Å². The summed E-state index contributed by atoms with van der Waals surface area (Å²) >= 11 is 0. The lowest BCUT2D eigenvalue weighted by Crippen LogP contribution is -2.30. The molecule has 0 aromatic heterocycles. The summed E-state index contributed by atoms with van der Waals surface area (Å²) in [6.45, 7) is 2.46. The van der Waals surface area contributed by atoms with Crippen molar-refractivity contribution in [1.29, 1.82) is 0 Å². The Kier molecular flexibility index (Phi) is 5.52. The number of carbonyl (C=O) groups is 1. The number of hydrogen-bond donors (Lipinski definition) is 1. The van der Waals surface area contributed by atoms with E-state index in [9.17, 15) is 13.2 Å². The van der Waals surface area contributed by atoms with E-state index in [2.05, 4.69) is 0 Å². The lowest BCUT2D eigenvalue weighted by molar-refractivity contribution is -0.135. The Morgan fingerprint density at radius 2 is 1.75 bits per heavy atom. The van der Waals surface area contributed by atoms with Gasteiger partial charge in [-0.3, -0.25) is 4.79 Å². The van der Waals surface area contributed by atoms with Crippen molar-refractivity contribution >= 4 is 21.7 Å². The van der Waals surface area contributed by atoms with Crippen LogP contribution in [0.25, 0.3) is 0 Å². The van der Waals surface area contributed by atoms with E-state index in [4.69, 9.17) is 5.11 Å². The number of sulfonamides is 1. The Morgan fingerprint density at radius 1 is 1.20 bits per heavy atom. The zero-order valence-corrected chi connectivity index (χ0v) is 12.7. The van der Waals surface area contributed by atoms with Gasteiger partial charge in [0.1, 0.15) is 6.54 Å². The minimum absolute atomic E-state index is 0.104. The first-order chi connectivity index (χ1) is 9.28. The molecule has 6 nitrogen and oxygen atoms in total. The Hall–Kier alpha value is -1.60. The van der Waals surface area contributed by atoms with Crippen molar-refractivity contribution in [2.75, 3.05) is 32.1 Å². The average Bonchev–Trinajstić information content (AvgIpc) is 2.37. The molecule has 0 heterocycles. The van der Waals surface area contributed by atoms with E-state index in [1.165, 1.54) is 26.2 Å². The summed E-state index contributed by atoms with van der Waals surface area (Å²) in [5, 5.41) is 8.88. The van der Waals surface area contributed by atoms with E-state index in [1.807, 2.05) is 6.92 Å². The van der Waals surface area contributed by atoms with Gasteiger partial charge in [0.15, 0.2) is 0 Å². The average molecular weight is 300 g/mol. The lowest BCUT2D eigenvalue weighted by Gasteiger charge is -2.22. The van der Waals surface area contributed by atoms with Gasteiger partial charge < -0.3 is 10.0 Å². The lowest BCUT2D eigenvalue weighted by atomic mass is 10.2. The van der Waals surface area contributed by atoms with Crippen LogP contribution in [-0.4, -0.2) is 51.0 Å². The minimum Gasteiger partial charge on any atom is -0.480 e. The van der Waals surface area contributed by atoms with Crippen molar-refractivity contribution < 1.29 is 18.3 Å². The van der Waals surface area contributed by atoms with Crippen LogP contribution in [0.3, 0.4) is 0 Å². The predicted octanol–water partition coefficient (Wildman–Crippen LogP) is 1.24. The third kappa shape index (κ3) is 3.94. The Bertz CT molecular complexity index is 552. The fourth-order valence-electron chi connectivity index (χ4n) is 1.77. The standard InChI is InChI=1S/C13H20N2O4S/c1-4-9-15(10-13(16)17)11-5-7-12(8-6-11)20(18,19)14(2)3/h5-8H,4,9-10H2,1-3H3,(H,16,17). The maximum Gasteiger partial charge on any atom is 0.323 e. The highest BCUT2D eigenvalue weighted by molar-refractivity contribution is 7.89. The van der Waals surface area contributed by atoms with Gasteiger partial charge in [0.2, 0.25) is 10.0 Å². The van der Waals surface area contributed by atoms with Crippen molar-refractivity contribution in [2.45, 2.75) is 18.2 Å². The van der Waals surface area contributed by atoms with Gasteiger partial charge in [-0.25, -0.2) is 12.7 Å². The number of benzene rings is 1. The Morgan fingerprint density at radius 3 is 2.15 bits per heavy atom. The number of nitrogens with zero attached hydrogens (tertiary/aromatic N) is 2. The summed E-state index contributed by atoms with van der Waals surface area (Å²) < 4.78 is 25.0. The summed E-state index contributed by atoms with van der Waals surface area (Å²) in [7, 11) is -0.518. The molecule has 20 heavy (non-hydrogen) atoms. The van der Waals surface area contributed by atoms with E-state index in [1.54, 1.807) is 17.0 Å². The molecule has 0 fully saturated rings. The van der Waals surface area contributed by atoms with Crippen LogP contribution in [0.15, 0.2) is 29.2 Å². The summed E-state index contributed by atoms with van der Waals surface area (Å²) in [5.41, 5.74) is 0.701. The molecule has 1 aromatic carbocycles. The SMILES string of the molecule is CCCN(CC(=O)O)c1ccc(S(=O)(=O)N(C)C)cc1. The molecular formula is C13H20N2O4S. The highest BCUT2D eigenvalue weighted by Gasteiger charge is 2.17. The number of rotatable bonds is 7. The van der Waals surface area contributed by atoms with Crippen molar-refractivity contribution in [3.8, 4) is 0 Å². The molecule has 0 bridgehead atoms. The second-order valence-corrected chi connectivity index (χ2v) is 6.75. The van der Waals surface area contributed by atoms with Crippen LogP contribution in [0.1, 0.15) is 13.3 Å². The van der Waals surface area contributed by atoms with Gasteiger partial charge in [-0.1, -0.05) is 6.92 Å². The number of anilines is 1. The van der Waals surface area contributed by atoms with Crippen LogP contribution in [0, 0.1) is 0 Å². The van der Waals surface area contributed by atoms with Crippen LogP contribution in [0.4, 0.5) is 5.69 Å². The largest absolute Gasteiger partial charge is 0.480 e. The van der Waals surface area contributed by atoms with Crippen LogP contribution < -0.4 is 4.90 Å². The fourth-order valence-corrected chi connectivity index (χ4v) is 2.67. The number of carboxylic acid groups (broad SMARTS) is 1. The first-order valence-corrected chi connectivity index (χ1v) is 7.72. The highest BCUT2D eigenvalue weighted by atomic mass is 32.2. The first-order valence-electron chi connectivity index (χ1n) is 6.28.